The molecule has 4 aromatic carbocycles. The molecule has 5 nitrogen and oxygen atoms in total. The quantitative estimate of drug-likeness (QED) is 0.213. The van der Waals surface area contributed by atoms with Gasteiger partial charge in [-0.15, -0.1) is 0 Å². The van der Waals surface area contributed by atoms with Gasteiger partial charge >= 0.3 is 0 Å². The molecule has 0 spiro atoms. The third-order valence-corrected chi connectivity index (χ3v) is 10.7. The van der Waals surface area contributed by atoms with Crippen molar-refractivity contribution >= 4 is 61.0 Å². The van der Waals surface area contributed by atoms with E-state index in [2.05, 4.69) is 37.2 Å². The van der Waals surface area contributed by atoms with E-state index in [-0.39, 0.29) is 17.7 Å². The molecule has 4 aliphatic rings. The van der Waals surface area contributed by atoms with Gasteiger partial charge in [0.25, 0.3) is 5.91 Å². The standard InChI is InChI=1S/C31H20Br2N2O3/c32-30-21-13-4-5-14-22(21)31(33,24-16-7-6-15-23(24)30)26-25(30)28(37)35(29(26)38)20-12-8-11-19(17-20)34-27(36)18-9-2-1-3-10-18/h1-17,25-26H,(H,34,36)/t25-,26-,30?,31?/m0/s1. The van der Waals surface area contributed by atoms with E-state index in [4.69, 9.17) is 0 Å². The summed E-state index contributed by atoms with van der Waals surface area (Å²) in [5.74, 6) is -2.10. The number of halogens is 2. The molecule has 2 atom stereocenters. The number of hydrogen-bond acceptors (Lipinski definition) is 3. The first-order valence-electron chi connectivity index (χ1n) is 12.3. The van der Waals surface area contributed by atoms with Gasteiger partial charge in [-0.1, -0.05) is 105 Å². The molecule has 7 heteroatoms. The van der Waals surface area contributed by atoms with Crippen LogP contribution >= 0.6 is 31.9 Å². The number of benzene rings is 4. The number of amides is 3. The number of anilines is 2. The number of imide groups is 1. The van der Waals surface area contributed by atoms with Crippen LogP contribution in [0.4, 0.5) is 11.4 Å². The highest BCUT2D eigenvalue weighted by molar-refractivity contribution is 9.10. The molecule has 186 valence electrons. The van der Waals surface area contributed by atoms with Crippen LogP contribution in [0.2, 0.25) is 0 Å². The maximum absolute atomic E-state index is 14.2. The molecule has 3 amide bonds. The smallest absolute Gasteiger partial charge is 0.255 e. The minimum atomic E-state index is -0.846. The van der Waals surface area contributed by atoms with E-state index in [0.29, 0.717) is 16.9 Å². The van der Waals surface area contributed by atoms with Crippen molar-refractivity contribution in [1.29, 1.82) is 0 Å². The van der Waals surface area contributed by atoms with Crippen LogP contribution in [0.5, 0.6) is 0 Å². The number of carbonyl (C=O) groups excluding carboxylic acids is 3. The molecule has 1 saturated heterocycles. The van der Waals surface area contributed by atoms with Crippen molar-refractivity contribution in [3.8, 4) is 0 Å². The molecule has 0 radical (unpaired) electrons. The van der Waals surface area contributed by atoms with Crippen molar-refractivity contribution in [2.45, 2.75) is 8.65 Å². The molecule has 3 aliphatic carbocycles. The molecule has 0 aromatic heterocycles. The summed E-state index contributed by atoms with van der Waals surface area (Å²) in [5.41, 5.74) is 5.41. The maximum atomic E-state index is 14.2. The van der Waals surface area contributed by atoms with Crippen LogP contribution in [0.1, 0.15) is 32.6 Å². The molecular formula is C31H20Br2N2O3. The molecule has 0 saturated carbocycles. The summed E-state index contributed by atoms with van der Waals surface area (Å²) in [5, 5.41) is 2.88. The van der Waals surface area contributed by atoms with E-state index in [1.807, 2.05) is 54.6 Å². The van der Waals surface area contributed by atoms with Crippen molar-refractivity contribution in [3.63, 3.8) is 0 Å². The average Bonchev–Trinajstić information content (AvgIpc) is 3.23. The summed E-state index contributed by atoms with van der Waals surface area (Å²) in [6.45, 7) is 0. The fourth-order valence-electron chi connectivity index (χ4n) is 6.44. The molecular weight excluding hydrogens is 608 g/mol. The minimum absolute atomic E-state index is 0.265. The zero-order valence-electron chi connectivity index (χ0n) is 19.9. The van der Waals surface area contributed by atoms with Gasteiger partial charge in [-0.3, -0.25) is 14.4 Å². The van der Waals surface area contributed by atoms with Gasteiger partial charge in [0.05, 0.1) is 26.2 Å². The molecule has 8 rings (SSSR count). The Hall–Kier alpha value is -3.55. The number of carbonyl (C=O) groups is 3. The Morgan fingerprint density at radius 1 is 0.658 bits per heavy atom. The van der Waals surface area contributed by atoms with Gasteiger partial charge < -0.3 is 5.32 Å². The zero-order chi connectivity index (χ0) is 26.2. The normalized spacial score (nSPS) is 26.5. The van der Waals surface area contributed by atoms with Gasteiger partial charge in [0, 0.05) is 11.3 Å². The molecule has 1 heterocycles. The summed E-state index contributed by atoms with van der Waals surface area (Å²) in [7, 11) is 0. The van der Waals surface area contributed by atoms with E-state index >= 15 is 0 Å². The van der Waals surface area contributed by atoms with Gasteiger partial charge in [-0.2, -0.15) is 0 Å². The van der Waals surface area contributed by atoms with Crippen LogP contribution < -0.4 is 10.2 Å². The second-order valence-electron chi connectivity index (χ2n) is 9.85. The van der Waals surface area contributed by atoms with Crippen molar-refractivity contribution in [3.05, 3.63) is 131 Å². The van der Waals surface area contributed by atoms with Gasteiger partial charge in [-0.25, -0.2) is 4.90 Å². The average molecular weight is 628 g/mol. The van der Waals surface area contributed by atoms with E-state index < -0.39 is 20.5 Å². The summed E-state index contributed by atoms with van der Waals surface area (Å²) in [4.78, 5) is 42.5. The highest BCUT2D eigenvalue weighted by atomic mass is 79.9. The summed E-state index contributed by atoms with van der Waals surface area (Å²) in [6.07, 6.45) is 0. The lowest BCUT2D eigenvalue weighted by molar-refractivity contribution is -0.122. The third kappa shape index (κ3) is 2.94. The largest absolute Gasteiger partial charge is 0.322 e. The Kier molecular flexibility index (Phi) is 5.10. The molecule has 4 aromatic rings. The van der Waals surface area contributed by atoms with E-state index in [1.165, 1.54) is 4.90 Å². The van der Waals surface area contributed by atoms with Crippen molar-refractivity contribution < 1.29 is 14.4 Å². The maximum Gasteiger partial charge on any atom is 0.255 e. The van der Waals surface area contributed by atoms with Crippen LogP contribution in [0.25, 0.3) is 0 Å². The van der Waals surface area contributed by atoms with Crippen LogP contribution in [0.3, 0.4) is 0 Å². The predicted octanol–water partition coefficient (Wildman–Crippen LogP) is 6.35. The summed E-state index contributed by atoms with van der Waals surface area (Å²) >= 11 is 8.05. The molecule has 1 aliphatic heterocycles. The van der Waals surface area contributed by atoms with Crippen molar-refractivity contribution in [2.24, 2.45) is 11.8 Å². The van der Waals surface area contributed by atoms with E-state index in [0.717, 1.165) is 22.3 Å². The SMILES string of the molecule is O=C(Nc1cccc(N2C(=O)[C@@H]3[C@@H](C2=O)C2(Br)c4ccccc4C3(Br)c3ccccc32)c1)c1ccccc1. The summed E-state index contributed by atoms with van der Waals surface area (Å²) in [6, 6.07) is 31.8. The molecule has 38 heavy (non-hydrogen) atoms. The van der Waals surface area contributed by atoms with Gasteiger partial charge in [0.15, 0.2) is 0 Å². The second-order valence-corrected chi connectivity index (χ2v) is 12.4. The van der Waals surface area contributed by atoms with Gasteiger partial charge in [0.2, 0.25) is 11.8 Å². The number of hydrogen-bond donors (Lipinski definition) is 1. The number of nitrogens with zero attached hydrogens (tertiary/aromatic N) is 1. The van der Waals surface area contributed by atoms with Crippen molar-refractivity contribution in [2.75, 3.05) is 10.2 Å². The topological polar surface area (TPSA) is 66.5 Å². The van der Waals surface area contributed by atoms with Crippen LogP contribution in [0.15, 0.2) is 103 Å². The first-order valence-corrected chi connectivity index (χ1v) is 13.9. The van der Waals surface area contributed by atoms with E-state index in [1.54, 1.807) is 48.5 Å². The Morgan fingerprint density at radius 2 is 1.13 bits per heavy atom. The lowest BCUT2D eigenvalue weighted by Crippen LogP contribution is -2.56. The molecule has 1 fully saturated rings. The highest BCUT2D eigenvalue weighted by Gasteiger charge is 2.72. The first-order chi connectivity index (χ1) is 18.4. The minimum Gasteiger partial charge on any atom is -0.322 e. The van der Waals surface area contributed by atoms with Gasteiger partial charge in [-0.05, 0) is 52.6 Å². The van der Waals surface area contributed by atoms with E-state index in [9.17, 15) is 14.4 Å². The van der Waals surface area contributed by atoms with Crippen LogP contribution in [0, 0.1) is 11.8 Å². The third-order valence-electron chi connectivity index (χ3n) is 7.98. The fraction of sp³-hybridized carbons (Fsp3) is 0.129. The fourth-order valence-corrected chi connectivity index (χ4v) is 8.74. The number of alkyl halides is 2. The highest BCUT2D eigenvalue weighted by Crippen LogP contribution is 2.70. The monoisotopic (exact) mass is 626 g/mol. The van der Waals surface area contributed by atoms with Gasteiger partial charge in [0.1, 0.15) is 0 Å². The number of nitrogens with one attached hydrogen (secondary N) is 1. The summed E-state index contributed by atoms with van der Waals surface area (Å²) < 4.78 is -1.69. The zero-order valence-corrected chi connectivity index (χ0v) is 23.1. The number of rotatable bonds is 3. The molecule has 0 unspecified atom stereocenters. The Labute approximate surface area is 236 Å². The lowest BCUT2D eigenvalue weighted by Gasteiger charge is -2.55. The first kappa shape index (κ1) is 23.6. The lowest BCUT2D eigenvalue weighted by atomic mass is 9.54. The van der Waals surface area contributed by atoms with Crippen molar-refractivity contribution in [1.82, 2.24) is 0 Å². The Morgan fingerprint density at radius 3 is 1.63 bits per heavy atom. The molecule has 2 bridgehead atoms. The predicted molar refractivity (Wildman–Crippen MR) is 153 cm³/mol. The molecule has 1 N–H and O–H groups in total. The van der Waals surface area contributed by atoms with Crippen LogP contribution in [-0.2, 0) is 18.2 Å². The Balaban J connectivity index is 1.33. The second kappa shape index (κ2) is 8.22. The van der Waals surface area contributed by atoms with Crippen LogP contribution in [-0.4, -0.2) is 17.7 Å². The Bertz CT molecular complexity index is 1550.